The van der Waals surface area contributed by atoms with Crippen LogP contribution in [0, 0.1) is 31.6 Å². The molecule has 0 saturated carbocycles. The molecule has 1 amide bonds. The molecule has 26 heavy (non-hydrogen) atoms. The molecule has 0 aromatic carbocycles. The lowest BCUT2D eigenvalue weighted by Gasteiger charge is -2.39. The molecule has 2 aliphatic rings. The smallest absolute Gasteiger partial charge is 0.248 e. The van der Waals surface area contributed by atoms with Crippen LogP contribution in [0.25, 0.3) is 0 Å². The quantitative estimate of drug-likeness (QED) is 0.799. The number of amides is 1. The number of carbonyl (C=O) groups excluding carboxylic acids is 1. The summed E-state index contributed by atoms with van der Waals surface area (Å²) in [5.41, 5.74) is 0.370. The standard InChI is InChI=1S/C18H29N3O4S/c1-12-8-13(2)10-20(9-12)18(22)16-6-5-7-21(11-16)26(23,24)17-14(3)19-25-15(17)4/h12-13,16H,5-11H2,1-4H3. The highest BCUT2D eigenvalue weighted by Gasteiger charge is 2.38. The van der Waals surface area contributed by atoms with Gasteiger partial charge >= 0.3 is 0 Å². The van der Waals surface area contributed by atoms with Crippen molar-refractivity contribution in [3.05, 3.63) is 11.5 Å². The number of aryl methyl sites for hydroxylation is 2. The fraction of sp³-hybridized carbons (Fsp3) is 0.778. The first-order valence-electron chi connectivity index (χ1n) is 9.42. The molecule has 1 aromatic heterocycles. The van der Waals surface area contributed by atoms with E-state index in [-0.39, 0.29) is 23.3 Å². The van der Waals surface area contributed by atoms with E-state index in [0.29, 0.717) is 36.3 Å². The molecule has 0 bridgehead atoms. The van der Waals surface area contributed by atoms with Crippen molar-refractivity contribution >= 4 is 15.9 Å². The molecule has 146 valence electrons. The second kappa shape index (κ2) is 7.31. The molecule has 3 rings (SSSR count). The summed E-state index contributed by atoms with van der Waals surface area (Å²) in [6, 6.07) is 0. The van der Waals surface area contributed by atoms with Gasteiger partial charge in [-0.25, -0.2) is 8.42 Å². The molecule has 2 aliphatic heterocycles. The minimum absolute atomic E-state index is 0.0991. The van der Waals surface area contributed by atoms with E-state index < -0.39 is 10.0 Å². The Kier molecular flexibility index (Phi) is 5.44. The Bertz CT molecular complexity index is 744. The van der Waals surface area contributed by atoms with Crippen molar-refractivity contribution in [2.45, 2.75) is 51.9 Å². The highest BCUT2D eigenvalue weighted by atomic mass is 32.2. The zero-order valence-electron chi connectivity index (χ0n) is 16.1. The van der Waals surface area contributed by atoms with Gasteiger partial charge in [-0.1, -0.05) is 19.0 Å². The fourth-order valence-corrected chi connectivity index (χ4v) is 6.25. The van der Waals surface area contributed by atoms with Crippen molar-refractivity contribution < 1.29 is 17.7 Å². The van der Waals surface area contributed by atoms with E-state index in [1.165, 1.54) is 4.31 Å². The van der Waals surface area contributed by atoms with Crippen molar-refractivity contribution in [3.63, 3.8) is 0 Å². The SMILES string of the molecule is Cc1noc(C)c1S(=O)(=O)N1CCCC(C(=O)N2CC(C)CC(C)C2)C1. The molecule has 1 aromatic rings. The average Bonchev–Trinajstić information content (AvgIpc) is 2.92. The maximum Gasteiger partial charge on any atom is 0.248 e. The van der Waals surface area contributed by atoms with Gasteiger partial charge in [0.05, 0.1) is 5.92 Å². The highest BCUT2D eigenvalue weighted by Crippen LogP contribution is 2.30. The summed E-state index contributed by atoms with van der Waals surface area (Å²) in [4.78, 5) is 15.1. The summed E-state index contributed by atoms with van der Waals surface area (Å²) < 4.78 is 32.5. The van der Waals surface area contributed by atoms with E-state index in [0.717, 1.165) is 25.9 Å². The largest absolute Gasteiger partial charge is 0.360 e. The van der Waals surface area contributed by atoms with E-state index in [1.807, 2.05) is 4.90 Å². The van der Waals surface area contributed by atoms with E-state index in [1.54, 1.807) is 13.8 Å². The zero-order valence-corrected chi connectivity index (χ0v) is 16.9. The Hall–Kier alpha value is -1.41. The van der Waals surface area contributed by atoms with Crippen molar-refractivity contribution in [2.24, 2.45) is 17.8 Å². The van der Waals surface area contributed by atoms with E-state index in [9.17, 15) is 13.2 Å². The topological polar surface area (TPSA) is 83.7 Å². The summed E-state index contributed by atoms with van der Waals surface area (Å²) in [5, 5.41) is 3.77. The molecular weight excluding hydrogens is 354 g/mol. The second-order valence-electron chi connectivity index (χ2n) is 8.04. The first-order chi connectivity index (χ1) is 12.2. The van der Waals surface area contributed by atoms with Crippen LogP contribution in [0.15, 0.2) is 9.42 Å². The molecule has 0 spiro atoms. The third-order valence-corrected chi connectivity index (χ3v) is 7.59. The number of piperidine rings is 2. The normalized spacial score (nSPS) is 28.3. The summed E-state index contributed by atoms with van der Waals surface area (Å²) in [5.74, 6) is 1.12. The lowest BCUT2D eigenvalue weighted by Crippen LogP contribution is -2.50. The molecule has 0 aliphatic carbocycles. The summed E-state index contributed by atoms with van der Waals surface area (Å²) >= 11 is 0. The lowest BCUT2D eigenvalue weighted by atomic mass is 9.90. The van der Waals surface area contributed by atoms with Crippen LogP contribution in [0.3, 0.4) is 0 Å². The van der Waals surface area contributed by atoms with Crippen LogP contribution in [0.5, 0.6) is 0 Å². The van der Waals surface area contributed by atoms with Crippen molar-refractivity contribution in [1.82, 2.24) is 14.4 Å². The number of aromatic nitrogens is 1. The van der Waals surface area contributed by atoms with Gasteiger partial charge in [-0.15, -0.1) is 0 Å². The maximum absolute atomic E-state index is 13.0. The Morgan fingerprint density at radius 2 is 1.81 bits per heavy atom. The van der Waals surface area contributed by atoms with Crippen molar-refractivity contribution in [1.29, 1.82) is 0 Å². The lowest BCUT2D eigenvalue weighted by molar-refractivity contribution is -0.139. The molecular formula is C18H29N3O4S. The van der Waals surface area contributed by atoms with Crippen LogP contribution in [-0.2, 0) is 14.8 Å². The Balaban J connectivity index is 1.76. The van der Waals surface area contributed by atoms with Crippen LogP contribution in [-0.4, -0.2) is 54.9 Å². The summed E-state index contributed by atoms with van der Waals surface area (Å²) in [7, 11) is -3.69. The number of sulfonamides is 1. The summed E-state index contributed by atoms with van der Waals surface area (Å²) in [6.07, 6.45) is 2.57. The monoisotopic (exact) mass is 383 g/mol. The van der Waals surface area contributed by atoms with Gasteiger partial charge in [0.1, 0.15) is 10.6 Å². The van der Waals surface area contributed by atoms with Gasteiger partial charge in [0, 0.05) is 26.2 Å². The number of nitrogens with zero attached hydrogens (tertiary/aromatic N) is 3. The minimum atomic E-state index is -3.69. The van der Waals surface area contributed by atoms with Gasteiger partial charge in [-0.3, -0.25) is 4.79 Å². The van der Waals surface area contributed by atoms with Crippen LogP contribution in [0.1, 0.15) is 44.6 Å². The fourth-order valence-electron chi connectivity index (χ4n) is 4.44. The third kappa shape index (κ3) is 3.67. The molecule has 2 saturated heterocycles. The van der Waals surface area contributed by atoms with E-state index in [4.69, 9.17) is 4.52 Å². The van der Waals surface area contributed by atoms with E-state index >= 15 is 0 Å². The van der Waals surface area contributed by atoms with Crippen molar-refractivity contribution in [2.75, 3.05) is 26.2 Å². The number of likely N-dealkylation sites (tertiary alicyclic amines) is 1. The van der Waals surface area contributed by atoms with Crippen LogP contribution in [0.2, 0.25) is 0 Å². The molecule has 0 N–H and O–H groups in total. The number of carbonyl (C=O) groups is 1. The van der Waals surface area contributed by atoms with Crippen LogP contribution < -0.4 is 0 Å². The summed E-state index contributed by atoms with van der Waals surface area (Å²) in [6.45, 7) is 9.80. The van der Waals surface area contributed by atoms with Crippen molar-refractivity contribution in [3.8, 4) is 0 Å². The van der Waals surface area contributed by atoms with E-state index in [2.05, 4.69) is 19.0 Å². The first-order valence-corrected chi connectivity index (χ1v) is 10.9. The first kappa shape index (κ1) is 19.4. The Morgan fingerprint density at radius 1 is 1.15 bits per heavy atom. The minimum Gasteiger partial charge on any atom is -0.360 e. The molecule has 7 nitrogen and oxygen atoms in total. The Morgan fingerprint density at radius 3 is 2.38 bits per heavy atom. The molecule has 8 heteroatoms. The molecule has 0 radical (unpaired) electrons. The maximum atomic E-state index is 13.0. The molecule has 2 fully saturated rings. The second-order valence-corrected chi connectivity index (χ2v) is 9.92. The number of hydrogen-bond donors (Lipinski definition) is 0. The highest BCUT2D eigenvalue weighted by molar-refractivity contribution is 7.89. The Labute approximate surface area is 155 Å². The molecule has 3 unspecified atom stereocenters. The van der Waals surface area contributed by atoms with Gasteiger partial charge in [0.15, 0.2) is 5.76 Å². The van der Waals surface area contributed by atoms with Gasteiger partial charge in [0.25, 0.3) is 0 Å². The van der Waals surface area contributed by atoms with Crippen LogP contribution >= 0.6 is 0 Å². The number of rotatable bonds is 3. The predicted octanol–water partition coefficient (Wildman–Crippen LogP) is 2.20. The molecule has 3 heterocycles. The number of hydrogen-bond acceptors (Lipinski definition) is 5. The van der Waals surface area contributed by atoms with Gasteiger partial charge in [0.2, 0.25) is 15.9 Å². The average molecular weight is 384 g/mol. The zero-order chi connectivity index (χ0) is 19.1. The van der Waals surface area contributed by atoms with Gasteiger partial charge < -0.3 is 9.42 Å². The third-order valence-electron chi connectivity index (χ3n) is 5.48. The molecule has 3 atom stereocenters. The van der Waals surface area contributed by atoms with Gasteiger partial charge in [-0.2, -0.15) is 4.31 Å². The van der Waals surface area contributed by atoms with Gasteiger partial charge in [-0.05, 0) is 44.9 Å². The van der Waals surface area contributed by atoms with Crippen LogP contribution in [0.4, 0.5) is 0 Å². The predicted molar refractivity (Wildman–Crippen MR) is 97.0 cm³/mol.